The molecule has 0 spiro atoms. The summed E-state index contributed by atoms with van der Waals surface area (Å²) in [4.78, 5) is 0. The molecule has 1 nitrogen and oxygen atoms in total. The topological polar surface area (TPSA) is 26.0 Å². The van der Waals surface area contributed by atoms with Gasteiger partial charge in [0, 0.05) is 0 Å². The Labute approximate surface area is 133 Å². The van der Waals surface area contributed by atoms with Gasteiger partial charge in [0.1, 0.15) is 0 Å². The first-order valence-electron chi connectivity index (χ1n) is 5.35. The van der Waals surface area contributed by atoms with Gasteiger partial charge in [-0.05, 0) is 0 Å². The Bertz CT molecular complexity index is 145. The maximum absolute atomic E-state index is 6.03. The Kier molecular flexibility index (Phi) is 13.0. The standard InChI is InChI=1S/C10H20BI3N/c11-10(15,5-3-6-12)4-1-2-8-14-9-7-13/h1-9,15H2/q-1. The minimum absolute atomic E-state index is 0.396. The first kappa shape index (κ1) is 17.2. The molecule has 2 radical (unpaired) electrons. The molecule has 0 saturated carbocycles. The van der Waals surface area contributed by atoms with E-state index in [9.17, 15) is 0 Å². The van der Waals surface area contributed by atoms with Crippen molar-refractivity contribution < 1.29 is 21.2 Å². The molecule has 0 fully saturated rings. The van der Waals surface area contributed by atoms with Crippen LogP contribution in [-0.4, -0.2) is 31.0 Å². The van der Waals surface area contributed by atoms with Crippen molar-refractivity contribution in [1.29, 1.82) is 0 Å². The van der Waals surface area contributed by atoms with Gasteiger partial charge in [0.05, 0.1) is 0 Å². The van der Waals surface area contributed by atoms with Crippen LogP contribution in [0.3, 0.4) is 0 Å². The van der Waals surface area contributed by atoms with Crippen LogP contribution < -0.4 is 26.9 Å². The quantitative estimate of drug-likeness (QED) is 0.174. The summed E-state index contributed by atoms with van der Waals surface area (Å²) in [6.45, 7) is 0. The summed E-state index contributed by atoms with van der Waals surface area (Å²) >= 11 is 5.32. The van der Waals surface area contributed by atoms with Gasteiger partial charge in [0.25, 0.3) is 0 Å². The third-order valence-electron chi connectivity index (χ3n) is 2.14. The summed E-state index contributed by atoms with van der Waals surface area (Å²) in [5.41, 5.74) is 5.63. The number of halogens is 3. The molecular weight excluding hydrogens is 526 g/mol. The molecule has 0 aliphatic rings. The van der Waals surface area contributed by atoms with E-state index in [1.807, 2.05) is 0 Å². The Morgan fingerprint density at radius 2 is 1.67 bits per heavy atom. The van der Waals surface area contributed by atoms with E-state index in [4.69, 9.17) is 13.6 Å². The Balaban J connectivity index is 3.32. The number of hydrogen-bond donors (Lipinski definition) is 1. The minimum atomic E-state index is -0.396. The van der Waals surface area contributed by atoms with Gasteiger partial charge >= 0.3 is 135 Å². The Morgan fingerprint density at radius 3 is 2.27 bits per heavy atom. The molecule has 15 heavy (non-hydrogen) atoms. The second kappa shape index (κ2) is 11.3. The summed E-state index contributed by atoms with van der Waals surface area (Å²) in [7, 11) is 6.03. The van der Waals surface area contributed by atoms with E-state index in [0.29, 0.717) is 21.2 Å². The predicted molar refractivity (Wildman–Crippen MR) is 83.3 cm³/mol. The SMILES string of the molecule is [B]C(N)(CCCI)CCCC[I-]CCI. The van der Waals surface area contributed by atoms with E-state index >= 15 is 0 Å². The predicted octanol–water partition coefficient (Wildman–Crippen LogP) is -0.281. The van der Waals surface area contributed by atoms with Crippen molar-refractivity contribution in [3.63, 3.8) is 0 Å². The van der Waals surface area contributed by atoms with Gasteiger partial charge in [0.2, 0.25) is 0 Å². The van der Waals surface area contributed by atoms with E-state index in [1.54, 1.807) is 0 Å². The van der Waals surface area contributed by atoms with E-state index < -0.39 is 5.44 Å². The molecule has 0 bridgehead atoms. The van der Waals surface area contributed by atoms with Gasteiger partial charge in [-0.15, -0.1) is 0 Å². The molecule has 1 atom stereocenters. The summed E-state index contributed by atoms with van der Waals surface area (Å²) < 4.78 is 5.41. The second-order valence-electron chi connectivity index (χ2n) is 3.74. The molecule has 0 aliphatic heterocycles. The molecule has 5 heteroatoms. The molecule has 0 rings (SSSR count). The monoisotopic (exact) mass is 546 g/mol. The Hall–Kier alpha value is 2.21. The zero-order valence-corrected chi connectivity index (χ0v) is 15.6. The Morgan fingerprint density at radius 1 is 1.00 bits per heavy atom. The average molecular weight is 546 g/mol. The molecule has 0 aromatic heterocycles. The van der Waals surface area contributed by atoms with Gasteiger partial charge in [0.15, 0.2) is 0 Å². The number of alkyl halides is 4. The van der Waals surface area contributed by atoms with Crippen LogP contribution in [0.15, 0.2) is 0 Å². The summed E-state index contributed by atoms with van der Waals surface area (Å²) in [6, 6.07) is 0. The van der Waals surface area contributed by atoms with Crippen molar-refractivity contribution in [2.75, 3.05) is 17.7 Å². The molecule has 0 aromatic rings. The molecule has 2 N–H and O–H groups in total. The third kappa shape index (κ3) is 12.5. The molecular formula is C10H20BI3N-. The van der Waals surface area contributed by atoms with E-state index in [-0.39, 0.29) is 0 Å². The number of nitrogens with two attached hydrogens (primary N) is 1. The fourth-order valence-corrected chi connectivity index (χ4v) is 5.53. The van der Waals surface area contributed by atoms with Gasteiger partial charge in [-0.2, -0.15) is 0 Å². The zero-order chi connectivity index (χ0) is 11.6. The van der Waals surface area contributed by atoms with Crippen LogP contribution in [0.25, 0.3) is 0 Å². The molecule has 0 aliphatic carbocycles. The van der Waals surface area contributed by atoms with Crippen molar-refractivity contribution >= 4 is 53.0 Å². The van der Waals surface area contributed by atoms with Crippen molar-refractivity contribution in [2.45, 2.75) is 37.5 Å². The van der Waals surface area contributed by atoms with Crippen LogP contribution in [0, 0.1) is 0 Å². The number of rotatable bonds is 10. The second-order valence-corrected chi connectivity index (χ2v) is 9.13. The zero-order valence-electron chi connectivity index (χ0n) is 9.15. The summed E-state index contributed by atoms with van der Waals surface area (Å²) in [5, 5.41) is 0. The average Bonchev–Trinajstić information content (AvgIpc) is 2.20. The molecule has 90 valence electrons. The van der Waals surface area contributed by atoms with Crippen molar-refractivity contribution in [2.24, 2.45) is 5.73 Å². The van der Waals surface area contributed by atoms with Crippen LogP contribution in [0.4, 0.5) is 0 Å². The molecule has 0 heterocycles. The van der Waals surface area contributed by atoms with Gasteiger partial charge < -0.3 is 0 Å². The van der Waals surface area contributed by atoms with Crippen LogP contribution in [0.1, 0.15) is 32.1 Å². The maximum atomic E-state index is 6.03. The number of hydrogen-bond acceptors (Lipinski definition) is 1. The van der Waals surface area contributed by atoms with Gasteiger partial charge in [-0.1, -0.05) is 0 Å². The van der Waals surface area contributed by atoms with Crippen molar-refractivity contribution in [1.82, 2.24) is 0 Å². The van der Waals surface area contributed by atoms with Crippen LogP contribution in [0.5, 0.6) is 0 Å². The molecule has 0 amide bonds. The third-order valence-corrected chi connectivity index (χ3v) is 8.33. The van der Waals surface area contributed by atoms with E-state index in [1.165, 1.54) is 26.1 Å². The summed E-state index contributed by atoms with van der Waals surface area (Å²) in [6.07, 6.45) is 5.67. The van der Waals surface area contributed by atoms with E-state index in [0.717, 1.165) is 23.7 Å². The number of unbranched alkanes of at least 4 members (excludes halogenated alkanes) is 1. The van der Waals surface area contributed by atoms with Crippen molar-refractivity contribution in [3.05, 3.63) is 0 Å². The molecule has 0 aromatic carbocycles. The van der Waals surface area contributed by atoms with Crippen LogP contribution in [0.2, 0.25) is 0 Å². The first-order valence-corrected chi connectivity index (χ1v) is 11.5. The van der Waals surface area contributed by atoms with Crippen LogP contribution in [-0.2, 0) is 0 Å². The van der Waals surface area contributed by atoms with E-state index in [2.05, 4.69) is 45.2 Å². The summed E-state index contributed by atoms with van der Waals surface area (Å²) in [5.74, 6) is 0. The first-order chi connectivity index (χ1) is 7.12. The normalized spacial score (nSPS) is 15.4. The fraction of sp³-hybridized carbons (Fsp3) is 1.00. The fourth-order valence-electron chi connectivity index (χ4n) is 1.31. The molecule has 0 saturated heterocycles. The van der Waals surface area contributed by atoms with Gasteiger partial charge in [-0.25, -0.2) is 0 Å². The van der Waals surface area contributed by atoms with Gasteiger partial charge in [-0.3, -0.25) is 0 Å². The molecule has 1 unspecified atom stereocenters. The van der Waals surface area contributed by atoms with Crippen molar-refractivity contribution in [3.8, 4) is 0 Å². The van der Waals surface area contributed by atoms with Crippen LogP contribution >= 0.6 is 45.2 Å².